The van der Waals surface area contributed by atoms with E-state index in [2.05, 4.69) is 15.1 Å². The molecule has 0 radical (unpaired) electrons. The molecule has 0 bridgehead atoms. The highest BCUT2D eigenvalue weighted by Crippen LogP contribution is 2.29. The molecule has 0 aromatic carbocycles. The van der Waals surface area contributed by atoms with Gasteiger partial charge >= 0.3 is 6.18 Å². The van der Waals surface area contributed by atoms with Gasteiger partial charge in [-0.15, -0.1) is 0 Å². The minimum absolute atomic E-state index is 0.0732. The molecule has 1 unspecified atom stereocenters. The Labute approximate surface area is 106 Å². The molecule has 2 heterocycles. The zero-order valence-corrected chi connectivity index (χ0v) is 9.98. The molecule has 2 aromatic heterocycles. The molecule has 0 aliphatic heterocycles. The first-order valence-corrected chi connectivity index (χ1v) is 5.49. The molecule has 0 spiro atoms. The van der Waals surface area contributed by atoms with E-state index in [1.807, 2.05) is 6.92 Å². The summed E-state index contributed by atoms with van der Waals surface area (Å²) in [4.78, 5) is 7.71. The van der Waals surface area contributed by atoms with E-state index in [1.165, 1.54) is 6.07 Å². The van der Waals surface area contributed by atoms with Crippen LogP contribution in [-0.2, 0) is 6.18 Å². The summed E-state index contributed by atoms with van der Waals surface area (Å²) in [6, 6.07) is 2.10. The Morgan fingerprint density at radius 1 is 1.37 bits per heavy atom. The maximum atomic E-state index is 12.4. The fraction of sp³-hybridized carbons (Fsp3) is 0.364. The first-order valence-electron chi connectivity index (χ1n) is 5.49. The molecule has 2 rings (SSSR count). The minimum Gasteiger partial charge on any atom is -0.332 e. The number of aromatic nitrogens is 3. The molecule has 0 saturated heterocycles. The number of alkyl halides is 3. The van der Waals surface area contributed by atoms with Crippen molar-refractivity contribution >= 4 is 0 Å². The lowest BCUT2D eigenvalue weighted by Gasteiger charge is -2.05. The van der Waals surface area contributed by atoms with Crippen LogP contribution in [0.3, 0.4) is 0 Å². The normalized spacial score (nSPS) is 13.5. The van der Waals surface area contributed by atoms with Gasteiger partial charge < -0.3 is 10.3 Å². The molecule has 0 amide bonds. The maximum absolute atomic E-state index is 12.4. The van der Waals surface area contributed by atoms with Gasteiger partial charge in [-0.3, -0.25) is 4.98 Å². The summed E-state index contributed by atoms with van der Waals surface area (Å²) in [6.07, 6.45) is -3.69. The summed E-state index contributed by atoms with van der Waals surface area (Å²) in [7, 11) is 0. The molecule has 0 aliphatic rings. The Kier molecular flexibility index (Phi) is 3.52. The summed E-state index contributed by atoms with van der Waals surface area (Å²) in [6.45, 7) is 2.16. The van der Waals surface area contributed by atoms with E-state index in [0.717, 1.165) is 12.3 Å². The number of nitrogens with zero attached hydrogens (tertiary/aromatic N) is 3. The average molecular weight is 272 g/mol. The van der Waals surface area contributed by atoms with E-state index >= 15 is 0 Å². The van der Waals surface area contributed by atoms with Crippen molar-refractivity contribution in [2.24, 2.45) is 5.73 Å². The summed E-state index contributed by atoms with van der Waals surface area (Å²) < 4.78 is 42.1. The minimum atomic E-state index is -4.42. The molecule has 0 fully saturated rings. The van der Waals surface area contributed by atoms with E-state index in [4.69, 9.17) is 10.3 Å². The van der Waals surface area contributed by atoms with Crippen molar-refractivity contribution in [1.29, 1.82) is 0 Å². The van der Waals surface area contributed by atoms with E-state index < -0.39 is 11.7 Å². The van der Waals surface area contributed by atoms with Crippen molar-refractivity contribution in [2.75, 3.05) is 6.54 Å². The van der Waals surface area contributed by atoms with Gasteiger partial charge in [0.25, 0.3) is 5.89 Å². The molecule has 2 N–H and O–H groups in total. The lowest BCUT2D eigenvalue weighted by molar-refractivity contribution is -0.137. The largest absolute Gasteiger partial charge is 0.417 e. The Hall–Kier alpha value is -1.96. The summed E-state index contributed by atoms with van der Waals surface area (Å²) >= 11 is 0. The van der Waals surface area contributed by atoms with Crippen molar-refractivity contribution in [2.45, 2.75) is 19.0 Å². The monoisotopic (exact) mass is 272 g/mol. The summed E-state index contributed by atoms with van der Waals surface area (Å²) in [5.74, 6) is 0.384. The van der Waals surface area contributed by atoms with Crippen LogP contribution in [0.15, 0.2) is 22.9 Å². The Morgan fingerprint density at radius 3 is 2.63 bits per heavy atom. The molecule has 8 heteroatoms. The zero-order valence-electron chi connectivity index (χ0n) is 9.98. The standard InChI is InChI=1S/C11H11F3N4O/c1-6(4-15)9-17-10(19-18-9)8-3-2-7(5-16-8)11(12,13)14/h2-3,5-6H,4,15H2,1H3. The second-order valence-corrected chi connectivity index (χ2v) is 4.02. The topological polar surface area (TPSA) is 77.8 Å². The zero-order chi connectivity index (χ0) is 14.0. The fourth-order valence-corrected chi connectivity index (χ4v) is 1.33. The number of pyridine rings is 1. The van der Waals surface area contributed by atoms with E-state index in [1.54, 1.807) is 0 Å². The van der Waals surface area contributed by atoms with Gasteiger partial charge in [0.05, 0.1) is 5.56 Å². The quantitative estimate of drug-likeness (QED) is 0.926. The molecule has 0 saturated carbocycles. The first-order chi connectivity index (χ1) is 8.91. The molecule has 102 valence electrons. The molecular formula is C11H11F3N4O. The van der Waals surface area contributed by atoms with Crippen LogP contribution >= 0.6 is 0 Å². The maximum Gasteiger partial charge on any atom is 0.417 e. The SMILES string of the molecule is CC(CN)c1noc(-c2ccc(C(F)(F)F)cn2)n1. The van der Waals surface area contributed by atoms with Gasteiger partial charge in [0.15, 0.2) is 5.82 Å². The predicted octanol–water partition coefficient (Wildman–Crippen LogP) is 2.21. The van der Waals surface area contributed by atoms with Crippen LogP contribution in [0.4, 0.5) is 13.2 Å². The van der Waals surface area contributed by atoms with Crippen molar-refractivity contribution in [3.05, 3.63) is 29.7 Å². The molecule has 2 aromatic rings. The van der Waals surface area contributed by atoms with Crippen molar-refractivity contribution < 1.29 is 17.7 Å². The Bertz CT molecular complexity index is 550. The highest BCUT2D eigenvalue weighted by Gasteiger charge is 2.30. The lowest BCUT2D eigenvalue weighted by atomic mass is 10.2. The van der Waals surface area contributed by atoms with Crippen LogP contribution in [0.1, 0.15) is 24.2 Å². The fourth-order valence-electron chi connectivity index (χ4n) is 1.33. The number of hydrogen-bond donors (Lipinski definition) is 1. The Morgan fingerprint density at radius 2 is 2.11 bits per heavy atom. The average Bonchev–Trinajstić information content (AvgIpc) is 2.86. The molecule has 19 heavy (non-hydrogen) atoms. The van der Waals surface area contributed by atoms with Crippen LogP contribution in [0.25, 0.3) is 11.6 Å². The first kappa shape index (κ1) is 13.5. The third kappa shape index (κ3) is 2.90. The highest BCUT2D eigenvalue weighted by molar-refractivity contribution is 5.46. The molecule has 0 aliphatic carbocycles. The van der Waals surface area contributed by atoms with Crippen molar-refractivity contribution in [3.63, 3.8) is 0 Å². The van der Waals surface area contributed by atoms with Crippen LogP contribution < -0.4 is 5.73 Å². The molecule has 5 nitrogen and oxygen atoms in total. The molecular weight excluding hydrogens is 261 g/mol. The van der Waals surface area contributed by atoms with Gasteiger partial charge in [0.1, 0.15) is 5.69 Å². The molecule has 1 atom stereocenters. The van der Waals surface area contributed by atoms with E-state index in [9.17, 15) is 13.2 Å². The smallest absolute Gasteiger partial charge is 0.332 e. The highest BCUT2D eigenvalue weighted by atomic mass is 19.4. The number of hydrogen-bond acceptors (Lipinski definition) is 5. The van der Waals surface area contributed by atoms with Crippen LogP contribution in [0.5, 0.6) is 0 Å². The van der Waals surface area contributed by atoms with E-state index in [-0.39, 0.29) is 17.5 Å². The van der Waals surface area contributed by atoms with Gasteiger partial charge in [-0.2, -0.15) is 18.2 Å². The van der Waals surface area contributed by atoms with Crippen molar-refractivity contribution in [3.8, 4) is 11.6 Å². The van der Waals surface area contributed by atoms with Gasteiger partial charge in [0.2, 0.25) is 0 Å². The third-order valence-electron chi connectivity index (χ3n) is 2.55. The lowest BCUT2D eigenvalue weighted by Crippen LogP contribution is -2.10. The van der Waals surface area contributed by atoms with Crippen LogP contribution in [0.2, 0.25) is 0 Å². The third-order valence-corrected chi connectivity index (χ3v) is 2.55. The number of nitrogens with two attached hydrogens (primary N) is 1. The van der Waals surface area contributed by atoms with E-state index in [0.29, 0.717) is 12.4 Å². The van der Waals surface area contributed by atoms with Gasteiger partial charge in [-0.05, 0) is 12.1 Å². The van der Waals surface area contributed by atoms with Crippen LogP contribution in [0, 0.1) is 0 Å². The van der Waals surface area contributed by atoms with Crippen LogP contribution in [-0.4, -0.2) is 21.7 Å². The van der Waals surface area contributed by atoms with Gasteiger partial charge in [-0.1, -0.05) is 12.1 Å². The number of halogens is 3. The number of rotatable bonds is 3. The summed E-state index contributed by atoms with van der Waals surface area (Å²) in [5, 5.41) is 3.71. The second-order valence-electron chi connectivity index (χ2n) is 4.02. The van der Waals surface area contributed by atoms with Gasteiger partial charge in [0, 0.05) is 18.7 Å². The van der Waals surface area contributed by atoms with Gasteiger partial charge in [-0.25, -0.2) is 0 Å². The predicted molar refractivity (Wildman–Crippen MR) is 60.0 cm³/mol. The Balaban J connectivity index is 2.25. The second kappa shape index (κ2) is 4.96. The van der Waals surface area contributed by atoms with Crippen molar-refractivity contribution in [1.82, 2.24) is 15.1 Å². The summed E-state index contributed by atoms with van der Waals surface area (Å²) in [5.41, 5.74) is 4.82.